The molecule has 8 rings (SSSR count). The topological polar surface area (TPSA) is 77.2 Å². The predicted molar refractivity (Wildman–Crippen MR) is 216 cm³/mol. The van der Waals surface area contributed by atoms with Crippen molar-refractivity contribution in [2.24, 2.45) is 7.05 Å². The van der Waals surface area contributed by atoms with Crippen LogP contribution in [0.3, 0.4) is 0 Å². The first kappa shape index (κ1) is 35.7. The van der Waals surface area contributed by atoms with Gasteiger partial charge in [-0.25, -0.2) is 0 Å². The highest BCUT2D eigenvalue weighted by Gasteiger charge is 2.34. The number of benzene rings is 4. The highest BCUT2D eigenvalue weighted by atomic mass is 35.5. The molecule has 4 heterocycles. The molecule has 6 aromatic rings. The molecule has 0 bridgehead atoms. The van der Waals surface area contributed by atoms with Gasteiger partial charge in [0, 0.05) is 115 Å². The molecule has 0 saturated carbocycles. The number of carbonyl (C=O) groups excluding carboxylic acids is 2. The van der Waals surface area contributed by atoms with Crippen LogP contribution in [-0.2, 0) is 26.6 Å². The van der Waals surface area contributed by atoms with Gasteiger partial charge >= 0.3 is 0 Å². The van der Waals surface area contributed by atoms with E-state index in [9.17, 15) is 14.7 Å². The van der Waals surface area contributed by atoms with Crippen LogP contribution in [0, 0.1) is 0 Å². The second-order valence-electron chi connectivity index (χ2n) is 14.6. The Balaban J connectivity index is 1.17. The fraction of sp³-hybridized carbons (Fsp3) is 0.273. The van der Waals surface area contributed by atoms with Gasteiger partial charge < -0.3 is 24.0 Å². The first-order valence-electron chi connectivity index (χ1n) is 18.6. The first-order chi connectivity index (χ1) is 26.2. The Morgan fingerprint density at radius 3 is 2.35 bits per heavy atom. The van der Waals surface area contributed by atoms with E-state index in [1.54, 1.807) is 35.2 Å². The SMILES string of the molecule is CCn1cc(C(=O)N(c2ccc(O)cc2)c2ccc3c(ccn3C)c2)cc1-c1cc(Cl)ccc1C(=O)N1Cc2ccccc2C[C@H]1CN1CCN(C)CC1. The molecule has 10 heteroatoms. The van der Waals surface area contributed by atoms with Crippen LogP contribution < -0.4 is 4.90 Å². The third-order valence-electron chi connectivity index (χ3n) is 11.1. The standard InChI is InChI=1S/C44H45ClN6O3/c1-4-49-27-33(43(53)51(35-10-13-38(52)14-11-35)36-12-16-41-31(24-36)17-18-47(41)3)25-42(49)40-26-34(45)9-15-39(40)44(54)50-28-32-8-6-5-7-30(32)23-37(50)29-48-21-19-46(2)20-22-48/h5-18,24-27,37,52H,4,19-23,28-29H2,1-3H3/t37-/m0/s1. The molecule has 2 aromatic heterocycles. The minimum Gasteiger partial charge on any atom is -0.508 e. The van der Waals surface area contributed by atoms with E-state index < -0.39 is 0 Å². The summed E-state index contributed by atoms with van der Waals surface area (Å²) in [5, 5.41) is 11.6. The molecule has 9 nitrogen and oxygen atoms in total. The maximum absolute atomic E-state index is 14.9. The van der Waals surface area contributed by atoms with Crippen LogP contribution in [0.1, 0.15) is 38.8 Å². The number of rotatable bonds is 8. The van der Waals surface area contributed by atoms with Gasteiger partial charge in [0.2, 0.25) is 0 Å². The van der Waals surface area contributed by atoms with Crippen LogP contribution in [0.5, 0.6) is 5.75 Å². The molecule has 0 aliphatic carbocycles. The lowest BCUT2D eigenvalue weighted by Crippen LogP contribution is -2.53. The van der Waals surface area contributed by atoms with Crippen LogP contribution in [0.25, 0.3) is 22.2 Å². The molecular weight excluding hydrogens is 696 g/mol. The smallest absolute Gasteiger partial charge is 0.264 e. The second-order valence-corrected chi connectivity index (χ2v) is 15.0. The van der Waals surface area contributed by atoms with Crippen molar-refractivity contribution in [3.05, 3.63) is 137 Å². The lowest BCUT2D eigenvalue weighted by Gasteiger charge is -2.41. The van der Waals surface area contributed by atoms with Crippen LogP contribution in [0.15, 0.2) is 109 Å². The summed E-state index contributed by atoms with van der Waals surface area (Å²) in [6, 6.07) is 30.4. The molecule has 276 valence electrons. The van der Waals surface area contributed by atoms with Crippen molar-refractivity contribution in [3.8, 4) is 17.0 Å². The van der Waals surface area contributed by atoms with Gasteiger partial charge in [0.15, 0.2) is 0 Å². The number of piperazine rings is 1. The minimum atomic E-state index is -0.237. The summed E-state index contributed by atoms with van der Waals surface area (Å²) < 4.78 is 4.05. The van der Waals surface area contributed by atoms with Crippen LogP contribution in [0.2, 0.25) is 5.02 Å². The van der Waals surface area contributed by atoms with Crippen molar-refractivity contribution in [1.82, 2.24) is 23.8 Å². The fourth-order valence-corrected chi connectivity index (χ4v) is 8.20. The molecule has 2 amide bonds. The van der Waals surface area contributed by atoms with E-state index in [2.05, 4.69) is 35.0 Å². The predicted octanol–water partition coefficient (Wildman–Crippen LogP) is 7.82. The van der Waals surface area contributed by atoms with E-state index >= 15 is 0 Å². The van der Waals surface area contributed by atoms with Crippen molar-refractivity contribution in [2.75, 3.05) is 44.7 Å². The average Bonchev–Trinajstić information content (AvgIpc) is 3.79. The number of halogens is 1. The van der Waals surface area contributed by atoms with Crippen molar-refractivity contribution >= 4 is 45.7 Å². The summed E-state index contributed by atoms with van der Waals surface area (Å²) in [7, 11) is 4.15. The second kappa shape index (κ2) is 14.8. The number of carbonyl (C=O) groups is 2. The monoisotopic (exact) mass is 740 g/mol. The van der Waals surface area contributed by atoms with Gasteiger partial charge in [0.25, 0.3) is 11.8 Å². The van der Waals surface area contributed by atoms with E-state index in [4.69, 9.17) is 11.6 Å². The molecule has 1 atom stereocenters. The van der Waals surface area contributed by atoms with Gasteiger partial charge in [-0.15, -0.1) is 0 Å². The number of aromatic nitrogens is 2. The molecule has 2 aliphatic rings. The molecule has 1 fully saturated rings. The molecule has 4 aromatic carbocycles. The Morgan fingerprint density at radius 1 is 0.852 bits per heavy atom. The molecule has 1 N–H and O–H groups in total. The van der Waals surface area contributed by atoms with Crippen molar-refractivity contribution in [1.29, 1.82) is 0 Å². The summed E-state index contributed by atoms with van der Waals surface area (Å²) in [6.07, 6.45) is 4.65. The molecule has 0 unspecified atom stereocenters. The maximum Gasteiger partial charge on any atom is 0.264 e. The Morgan fingerprint density at radius 2 is 1.59 bits per heavy atom. The van der Waals surface area contributed by atoms with Crippen LogP contribution >= 0.6 is 11.6 Å². The molecule has 2 aliphatic heterocycles. The third-order valence-corrected chi connectivity index (χ3v) is 11.3. The van der Waals surface area contributed by atoms with Crippen molar-refractivity contribution in [2.45, 2.75) is 32.5 Å². The number of aromatic hydroxyl groups is 1. The average molecular weight is 741 g/mol. The van der Waals surface area contributed by atoms with E-state index in [0.29, 0.717) is 46.2 Å². The Bertz CT molecular complexity index is 2340. The third kappa shape index (κ3) is 6.91. The number of aryl methyl sites for hydroxylation is 2. The highest BCUT2D eigenvalue weighted by Crippen LogP contribution is 2.36. The largest absolute Gasteiger partial charge is 0.508 e. The quantitative estimate of drug-likeness (QED) is 0.172. The number of anilines is 2. The van der Waals surface area contributed by atoms with Crippen molar-refractivity contribution < 1.29 is 14.7 Å². The molecule has 1 saturated heterocycles. The van der Waals surface area contributed by atoms with Gasteiger partial charge in [-0.2, -0.15) is 0 Å². The summed E-state index contributed by atoms with van der Waals surface area (Å²) in [4.78, 5) is 38.2. The summed E-state index contributed by atoms with van der Waals surface area (Å²) in [6.45, 7) is 7.91. The number of hydrogen-bond acceptors (Lipinski definition) is 5. The molecular formula is C44H45ClN6O3. The van der Waals surface area contributed by atoms with E-state index in [1.807, 2.05) is 88.9 Å². The van der Waals surface area contributed by atoms with Gasteiger partial charge in [0.05, 0.1) is 5.56 Å². The summed E-state index contributed by atoms with van der Waals surface area (Å²) in [5.74, 6) is -0.168. The number of amides is 2. The fourth-order valence-electron chi connectivity index (χ4n) is 8.02. The van der Waals surface area contributed by atoms with Gasteiger partial charge in [-0.1, -0.05) is 35.9 Å². The van der Waals surface area contributed by atoms with Gasteiger partial charge in [-0.3, -0.25) is 19.4 Å². The van der Waals surface area contributed by atoms with E-state index in [0.717, 1.165) is 55.7 Å². The lowest BCUT2D eigenvalue weighted by molar-refractivity contribution is 0.0536. The zero-order valence-corrected chi connectivity index (χ0v) is 31.7. The summed E-state index contributed by atoms with van der Waals surface area (Å²) in [5.41, 5.74) is 7.28. The van der Waals surface area contributed by atoms with Crippen LogP contribution in [0.4, 0.5) is 11.4 Å². The number of phenols is 1. The Labute approximate surface area is 321 Å². The number of hydrogen-bond donors (Lipinski definition) is 1. The first-order valence-corrected chi connectivity index (χ1v) is 19.0. The lowest BCUT2D eigenvalue weighted by atomic mass is 9.92. The number of nitrogens with zero attached hydrogens (tertiary/aromatic N) is 6. The van der Waals surface area contributed by atoms with Crippen molar-refractivity contribution in [3.63, 3.8) is 0 Å². The zero-order chi connectivity index (χ0) is 37.5. The Hall–Kier alpha value is -5.35. The van der Waals surface area contributed by atoms with Gasteiger partial charge in [-0.05, 0) is 104 Å². The molecule has 0 spiro atoms. The number of phenolic OH excluding ortho intramolecular Hbond substituents is 1. The summed E-state index contributed by atoms with van der Waals surface area (Å²) >= 11 is 6.69. The van der Waals surface area contributed by atoms with Gasteiger partial charge in [0.1, 0.15) is 5.75 Å². The zero-order valence-electron chi connectivity index (χ0n) is 31.0. The normalized spacial score (nSPS) is 16.4. The van der Waals surface area contributed by atoms with E-state index in [1.165, 1.54) is 11.1 Å². The Kier molecular flexibility index (Phi) is 9.79. The molecule has 0 radical (unpaired) electrons. The maximum atomic E-state index is 14.9. The number of likely N-dealkylation sites (N-methyl/N-ethyl adjacent to an activating group) is 1. The van der Waals surface area contributed by atoms with Crippen LogP contribution in [-0.4, -0.2) is 86.6 Å². The minimum absolute atomic E-state index is 0.00949. The highest BCUT2D eigenvalue weighted by molar-refractivity contribution is 6.31. The van der Waals surface area contributed by atoms with E-state index in [-0.39, 0.29) is 23.6 Å². The molecule has 54 heavy (non-hydrogen) atoms. The number of fused-ring (bicyclic) bond motifs is 2.